The highest BCUT2D eigenvalue weighted by Gasteiger charge is 2.21. The van der Waals surface area contributed by atoms with Gasteiger partial charge in [0.25, 0.3) is 0 Å². The van der Waals surface area contributed by atoms with Crippen molar-refractivity contribution in [3.8, 4) is 5.75 Å². The van der Waals surface area contributed by atoms with Crippen molar-refractivity contribution in [2.45, 2.75) is 0 Å². The minimum absolute atomic E-state index is 0.0255. The summed E-state index contributed by atoms with van der Waals surface area (Å²) in [4.78, 5) is 33.5. The second kappa shape index (κ2) is 6.02. The van der Waals surface area contributed by atoms with Crippen LogP contribution in [0, 0.1) is 4.91 Å². The van der Waals surface area contributed by atoms with E-state index in [4.69, 9.17) is 10.8 Å². The van der Waals surface area contributed by atoms with Gasteiger partial charge in [0.1, 0.15) is 11.3 Å². The van der Waals surface area contributed by atoms with Gasteiger partial charge in [0.15, 0.2) is 0 Å². The normalized spacial score (nSPS) is 10.1. The largest absolute Gasteiger partial charge is 0.507 e. The van der Waals surface area contributed by atoms with E-state index < -0.39 is 23.3 Å². The lowest BCUT2D eigenvalue weighted by molar-refractivity contribution is 0.0684. The maximum Gasteiger partial charge on any atom is 0.339 e. The molecule has 2 aromatic carbocycles. The van der Waals surface area contributed by atoms with E-state index in [-0.39, 0.29) is 22.6 Å². The Morgan fingerprint density at radius 1 is 1.00 bits per heavy atom. The predicted molar refractivity (Wildman–Crippen MR) is 80.8 cm³/mol. The molecule has 0 aromatic heterocycles. The van der Waals surface area contributed by atoms with Crippen molar-refractivity contribution in [3.63, 3.8) is 0 Å². The van der Waals surface area contributed by atoms with Crippen LogP contribution in [0.1, 0.15) is 20.7 Å². The highest BCUT2D eigenvalue weighted by molar-refractivity contribution is 5.97. The van der Waals surface area contributed by atoms with Gasteiger partial charge in [-0.25, -0.2) is 9.59 Å². The Labute approximate surface area is 129 Å². The Morgan fingerprint density at radius 2 is 1.65 bits per heavy atom. The molecule has 0 fully saturated rings. The summed E-state index contributed by atoms with van der Waals surface area (Å²) in [6.07, 6.45) is 0. The number of hydrogen-bond acceptors (Lipinski definition) is 6. The lowest BCUT2D eigenvalue weighted by Crippen LogP contribution is -2.14. The number of aromatic carboxylic acids is 2. The van der Waals surface area contributed by atoms with Gasteiger partial charge in [-0.2, -0.15) is 5.01 Å². The van der Waals surface area contributed by atoms with E-state index in [1.807, 2.05) is 0 Å². The van der Waals surface area contributed by atoms with Gasteiger partial charge < -0.3 is 21.1 Å². The number of nitroso groups, excluding NO2 is 1. The van der Waals surface area contributed by atoms with Crippen LogP contribution in [0.4, 0.5) is 17.1 Å². The molecule has 0 atom stereocenters. The SMILES string of the molecule is Nc1ccc(N(N=O)c2ccc(O)c(C(=O)O)c2)c(C(=O)O)c1. The van der Waals surface area contributed by atoms with Crippen molar-refractivity contribution in [2.24, 2.45) is 5.29 Å². The van der Waals surface area contributed by atoms with Gasteiger partial charge in [-0.3, -0.25) is 0 Å². The number of rotatable bonds is 5. The second-order valence-electron chi connectivity index (χ2n) is 4.48. The molecule has 2 rings (SSSR count). The number of anilines is 3. The maximum absolute atomic E-state index is 11.3. The molecule has 0 bridgehead atoms. The Morgan fingerprint density at radius 3 is 2.22 bits per heavy atom. The van der Waals surface area contributed by atoms with Gasteiger partial charge in [-0.15, -0.1) is 4.91 Å². The molecular formula is C14H11N3O6. The summed E-state index contributed by atoms with van der Waals surface area (Å²) in [5.74, 6) is -3.24. The Kier molecular flexibility index (Phi) is 4.12. The summed E-state index contributed by atoms with van der Waals surface area (Å²) in [6.45, 7) is 0. The summed E-state index contributed by atoms with van der Waals surface area (Å²) in [6, 6.07) is 7.08. The van der Waals surface area contributed by atoms with Crippen molar-refractivity contribution >= 4 is 29.0 Å². The summed E-state index contributed by atoms with van der Waals surface area (Å²) >= 11 is 0. The molecule has 0 unspecified atom stereocenters. The number of nitrogens with zero attached hydrogens (tertiary/aromatic N) is 2. The van der Waals surface area contributed by atoms with E-state index in [9.17, 15) is 24.7 Å². The van der Waals surface area contributed by atoms with Crippen LogP contribution in [0.3, 0.4) is 0 Å². The number of carbonyl (C=O) groups is 2. The van der Waals surface area contributed by atoms with Crippen molar-refractivity contribution in [1.29, 1.82) is 0 Å². The summed E-state index contributed by atoms with van der Waals surface area (Å²) in [5, 5.41) is 31.1. The lowest BCUT2D eigenvalue weighted by Gasteiger charge is -2.18. The molecule has 2 aromatic rings. The number of nitrogen functional groups attached to an aromatic ring is 1. The molecule has 0 heterocycles. The Balaban J connectivity index is 2.62. The molecule has 9 heteroatoms. The highest BCUT2D eigenvalue weighted by Crippen LogP contribution is 2.33. The first-order valence-corrected chi connectivity index (χ1v) is 6.17. The van der Waals surface area contributed by atoms with E-state index in [1.54, 1.807) is 0 Å². The number of aromatic hydroxyl groups is 1. The smallest absolute Gasteiger partial charge is 0.339 e. The van der Waals surface area contributed by atoms with Crippen molar-refractivity contribution < 1.29 is 24.9 Å². The molecular weight excluding hydrogens is 306 g/mol. The number of carboxylic acids is 2. The van der Waals surface area contributed by atoms with Crippen LogP contribution in [0.15, 0.2) is 41.7 Å². The van der Waals surface area contributed by atoms with E-state index in [1.165, 1.54) is 18.2 Å². The first kappa shape index (κ1) is 15.8. The molecule has 118 valence electrons. The fourth-order valence-electron chi connectivity index (χ4n) is 1.97. The van der Waals surface area contributed by atoms with Gasteiger partial charge in [-0.05, 0) is 36.4 Å². The van der Waals surface area contributed by atoms with Crippen LogP contribution < -0.4 is 10.7 Å². The van der Waals surface area contributed by atoms with Gasteiger partial charge in [0.05, 0.1) is 22.2 Å². The van der Waals surface area contributed by atoms with Crippen LogP contribution in [0.5, 0.6) is 5.75 Å². The minimum atomic E-state index is -1.41. The maximum atomic E-state index is 11.3. The van der Waals surface area contributed by atoms with E-state index in [2.05, 4.69) is 5.29 Å². The molecule has 0 aliphatic heterocycles. The Hall–Kier alpha value is -3.62. The quantitative estimate of drug-likeness (QED) is 0.372. The number of carboxylic acid groups (broad SMARTS) is 2. The highest BCUT2D eigenvalue weighted by atomic mass is 16.4. The zero-order valence-electron chi connectivity index (χ0n) is 11.5. The number of phenols is 1. The molecule has 0 radical (unpaired) electrons. The molecule has 0 aliphatic rings. The van der Waals surface area contributed by atoms with Crippen LogP contribution in [0.2, 0.25) is 0 Å². The average Bonchev–Trinajstić information content (AvgIpc) is 2.50. The van der Waals surface area contributed by atoms with Crippen molar-refractivity contribution in [1.82, 2.24) is 0 Å². The third-order valence-electron chi connectivity index (χ3n) is 3.02. The van der Waals surface area contributed by atoms with Crippen LogP contribution in [-0.2, 0) is 0 Å². The molecule has 0 saturated carbocycles. The van der Waals surface area contributed by atoms with Gasteiger partial charge in [0.2, 0.25) is 0 Å². The predicted octanol–water partition coefficient (Wildman–Crippen LogP) is 2.19. The van der Waals surface area contributed by atoms with Crippen molar-refractivity contribution in [2.75, 3.05) is 10.7 Å². The standard InChI is InChI=1S/C14H11N3O6/c15-7-1-3-11(9(5-7)13(19)20)17(16-23)8-2-4-12(18)10(6-8)14(21)22/h1-6,18H,15H2,(H,19,20)(H,21,22). The van der Waals surface area contributed by atoms with Crippen molar-refractivity contribution in [3.05, 3.63) is 52.4 Å². The van der Waals surface area contributed by atoms with E-state index in [0.29, 0.717) is 5.01 Å². The van der Waals surface area contributed by atoms with E-state index in [0.717, 1.165) is 18.2 Å². The number of hydrogen-bond donors (Lipinski definition) is 4. The van der Waals surface area contributed by atoms with Gasteiger partial charge >= 0.3 is 11.9 Å². The van der Waals surface area contributed by atoms with Gasteiger partial charge in [0, 0.05) is 5.69 Å². The molecule has 5 N–H and O–H groups in total. The number of nitrogens with two attached hydrogens (primary N) is 1. The lowest BCUT2D eigenvalue weighted by atomic mass is 10.1. The van der Waals surface area contributed by atoms with E-state index >= 15 is 0 Å². The zero-order chi connectivity index (χ0) is 17.1. The monoisotopic (exact) mass is 317 g/mol. The topological polar surface area (TPSA) is 154 Å². The fourth-order valence-corrected chi connectivity index (χ4v) is 1.97. The third-order valence-corrected chi connectivity index (χ3v) is 3.02. The summed E-state index contributed by atoms with van der Waals surface area (Å²) in [5.41, 5.74) is 4.85. The minimum Gasteiger partial charge on any atom is -0.507 e. The molecule has 0 saturated heterocycles. The molecule has 0 amide bonds. The first-order valence-electron chi connectivity index (χ1n) is 6.17. The fraction of sp³-hybridized carbons (Fsp3) is 0. The molecule has 0 spiro atoms. The number of benzene rings is 2. The summed E-state index contributed by atoms with van der Waals surface area (Å²) < 4.78 is 0. The van der Waals surface area contributed by atoms with Crippen LogP contribution in [0.25, 0.3) is 0 Å². The zero-order valence-corrected chi connectivity index (χ0v) is 11.5. The molecule has 0 aliphatic carbocycles. The van der Waals surface area contributed by atoms with Crippen LogP contribution >= 0.6 is 0 Å². The summed E-state index contributed by atoms with van der Waals surface area (Å²) in [7, 11) is 0. The average molecular weight is 317 g/mol. The first-order chi connectivity index (χ1) is 10.8. The molecule has 23 heavy (non-hydrogen) atoms. The Bertz CT molecular complexity index is 805. The van der Waals surface area contributed by atoms with Gasteiger partial charge in [-0.1, -0.05) is 0 Å². The van der Waals surface area contributed by atoms with Crippen LogP contribution in [-0.4, -0.2) is 27.3 Å². The second-order valence-corrected chi connectivity index (χ2v) is 4.48. The molecule has 9 nitrogen and oxygen atoms in total. The third kappa shape index (κ3) is 3.02.